The summed E-state index contributed by atoms with van der Waals surface area (Å²) in [6, 6.07) is 0. The van der Waals surface area contributed by atoms with Crippen LogP contribution in [0.1, 0.15) is 83.5 Å². The van der Waals surface area contributed by atoms with Crippen LogP contribution < -0.4 is 0 Å². The molecule has 0 saturated heterocycles. The number of carboxylic acid groups (broad SMARTS) is 1. The third-order valence-corrected chi connectivity index (χ3v) is 8.67. The summed E-state index contributed by atoms with van der Waals surface area (Å²) in [6.45, 7) is 0. The van der Waals surface area contributed by atoms with Gasteiger partial charge in [0.05, 0.1) is 5.41 Å². The summed E-state index contributed by atoms with van der Waals surface area (Å²) in [5, 5.41) is 10.1. The van der Waals surface area contributed by atoms with Crippen LogP contribution in [-0.4, -0.2) is 11.1 Å². The molecule has 0 aromatic carbocycles. The van der Waals surface area contributed by atoms with Crippen LogP contribution in [0.3, 0.4) is 0 Å². The SMILES string of the molecule is O=C(O)C12CCCCC1C1=CCC3=C(CCC4CCCCC34)C1CC2. The first-order valence-corrected chi connectivity index (χ1v) is 10.9. The van der Waals surface area contributed by atoms with Crippen LogP contribution in [0.15, 0.2) is 22.8 Å². The molecule has 5 rings (SSSR count). The first-order chi connectivity index (χ1) is 12.2. The van der Waals surface area contributed by atoms with E-state index in [9.17, 15) is 9.90 Å². The minimum absolute atomic E-state index is 0.329. The lowest BCUT2D eigenvalue weighted by Crippen LogP contribution is -2.47. The second-order valence-corrected chi connectivity index (χ2v) is 9.50. The molecule has 5 unspecified atom stereocenters. The van der Waals surface area contributed by atoms with Crippen molar-refractivity contribution in [3.8, 4) is 0 Å². The van der Waals surface area contributed by atoms with E-state index >= 15 is 0 Å². The summed E-state index contributed by atoms with van der Waals surface area (Å²) in [4.78, 5) is 12.2. The summed E-state index contributed by atoms with van der Waals surface area (Å²) < 4.78 is 0. The van der Waals surface area contributed by atoms with Gasteiger partial charge in [-0.25, -0.2) is 0 Å². The fourth-order valence-corrected chi connectivity index (χ4v) is 7.52. The van der Waals surface area contributed by atoms with E-state index in [0.29, 0.717) is 11.8 Å². The highest BCUT2D eigenvalue weighted by molar-refractivity contribution is 5.76. The quantitative estimate of drug-likeness (QED) is 0.605. The second-order valence-electron chi connectivity index (χ2n) is 9.50. The molecular weight excluding hydrogens is 308 g/mol. The Labute approximate surface area is 151 Å². The van der Waals surface area contributed by atoms with Crippen molar-refractivity contribution in [1.82, 2.24) is 0 Å². The largest absolute Gasteiger partial charge is 0.481 e. The van der Waals surface area contributed by atoms with Crippen molar-refractivity contribution >= 4 is 5.97 Å². The molecule has 5 aliphatic carbocycles. The van der Waals surface area contributed by atoms with Crippen molar-refractivity contribution in [2.24, 2.45) is 29.1 Å². The number of fused-ring (bicyclic) bond motifs is 6. The molecule has 5 aliphatic rings. The predicted octanol–water partition coefficient (Wildman–Crippen LogP) is 5.88. The highest BCUT2D eigenvalue weighted by Crippen LogP contribution is 2.60. The van der Waals surface area contributed by atoms with Crippen LogP contribution in [0, 0.1) is 29.1 Å². The van der Waals surface area contributed by atoms with Crippen molar-refractivity contribution in [3.63, 3.8) is 0 Å². The number of hydrogen-bond donors (Lipinski definition) is 1. The molecular formula is C23H32O2. The number of carbonyl (C=O) groups is 1. The van der Waals surface area contributed by atoms with Crippen molar-refractivity contribution in [2.75, 3.05) is 0 Å². The maximum absolute atomic E-state index is 12.2. The molecule has 25 heavy (non-hydrogen) atoms. The first-order valence-electron chi connectivity index (χ1n) is 10.9. The maximum atomic E-state index is 12.2. The average Bonchev–Trinajstić information content (AvgIpc) is 2.66. The summed E-state index contributed by atoms with van der Waals surface area (Å²) >= 11 is 0. The van der Waals surface area contributed by atoms with E-state index in [1.165, 1.54) is 44.9 Å². The molecule has 3 fully saturated rings. The van der Waals surface area contributed by atoms with Crippen LogP contribution in [-0.2, 0) is 4.79 Å². The number of carboxylic acids is 1. The number of rotatable bonds is 1. The Balaban J connectivity index is 1.48. The van der Waals surface area contributed by atoms with Crippen LogP contribution in [0.2, 0.25) is 0 Å². The lowest BCUT2D eigenvalue weighted by molar-refractivity contribution is -0.156. The van der Waals surface area contributed by atoms with Gasteiger partial charge in [0.25, 0.3) is 0 Å². The van der Waals surface area contributed by atoms with Crippen molar-refractivity contribution < 1.29 is 9.90 Å². The van der Waals surface area contributed by atoms with Crippen LogP contribution >= 0.6 is 0 Å². The van der Waals surface area contributed by atoms with Gasteiger partial charge in [-0.2, -0.15) is 0 Å². The zero-order valence-corrected chi connectivity index (χ0v) is 15.4. The van der Waals surface area contributed by atoms with Crippen molar-refractivity contribution in [3.05, 3.63) is 22.8 Å². The summed E-state index contributed by atoms with van der Waals surface area (Å²) in [5.41, 5.74) is 4.72. The van der Waals surface area contributed by atoms with E-state index in [1.807, 2.05) is 5.57 Å². The highest BCUT2D eigenvalue weighted by atomic mass is 16.4. The average molecular weight is 341 g/mol. The standard InChI is InChI=1S/C23H32O2/c24-22(25)23-13-4-3-7-21(23)20-11-10-17-16-6-2-1-5-15(16)8-9-18(17)19(20)12-14-23/h11,15-16,19,21H,1-10,12-14H2,(H,24,25). The first kappa shape index (κ1) is 16.1. The Morgan fingerprint density at radius 3 is 2.68 bits per heavy atom. The maximum Gasteiger partial charge on any atom is 0.310 e. The van der Waals surface area contributed by atoms with Gasteiger partial charge in [-0.1, -0.05) is 48.5 Å². The Bertz CT molecular complexity index is 642. The fraction of sp³-hybridized carbons (Fsp3) is 0.783. The predicted molar refractivity (Wildman–Crippen MR) is 99.2 cm³/mol. The van der Waals surface area contributed by atoms with Gasteiger partial charge in [0.15, 0.2) is 0 Å². The van der Waals surface area contributed by atoms with E-state index in [-0.39, 0.29) is 0 Å². The van der Waals surface area contributed by atoms with Gasteiger partial charge in [-0.3, -0.25) is 4.79 Å². The van der Waals surface area contributed by atoms with E-state index in [4.69, 9.17) is 0 Å². The normalized spacial score (nSPS) is 43.3. The molecule has 136 valence electrons. The third kappa shape index (κ3) is 2.32. The monoisotopic (exact) mass is 340 g/mol. The second kappa shape index (κ2) is 5.99. The lowest BCUT2D eigenvalue weighted by atomic mass is 9.51. The molecule has 0 aliphatic heterocycles. The van der Waals surface area contributed by atoms with Crippen LogP contribution in [0.5, 0.6) is 0 Å². The molecule has 0 amide bonds. The summed E-state index contributed by atoms with van der Waals surface area (Å²) in [5.74, 6) is 2.26. The van der Waals surface area contributed by atoms with Gasteiger partial charge in [0.1, 0.15) is 0 Å². The van der Waals surface area contributed by atoms with E-state index in [0.717, 1.165) is 50.4 Å². The number of allylic oxidation sites excluding steroid dienone is 4. The smallest absolute Gasteiger partial charge is 0.310 e. The number of aliphatic carboxylic acids is 1. The van der Waals surface area contributed by atoms with Crippen molar-refractivity contribution in [2.45, 2.75) is 83.5 Å². The zero-order valence-electron chi connectivity index (χ0n) is 15.4. The molecule has 0 radical (unpaired) electrons. The molecule has 2 nitrogen and oxygen atoms in total. The lowest BCUT2D eigenvalue weighted by Gasteiger charge is -2.52. The molecule has 0 aromatic heterocycles. The van der Waals surface area contributed by atoms with Gasteiger partial charge in [-0.05, 0) is 75.5 Å². The van der Waals surface area contributed by atoms with Gasteiger partial charge in [-0.15, -0.1) is 0 Å². The molecule has 2 heteroatoms. The zero-order chi connectivity index (χ0) is 17.0. The van der Waals surface area contributed by atoms with Gasteiger partial charge in [0.2, 0.25) is 0 Å². The Kier molecular flexibility index (Phi) is 3.87. The van der Waals surface area contributed by atoms with Gasteiger partial charge in [0, 0.05) is 5.92 Å². The molecule has 5 atom stereocenters. The highest BCUT2D eigenvalue weighted by Gasteiger charge is 2.54. The Morgan fingerprint density at radius 1 is 0.960 bits per heavy atom. The summed E-state index contributed by atoms with van der Waals surface area (Å²) in [6.07, 6.45) is 18.5. The molecule has 3 saturated carbocycles. The van der Waals surface area contributed by atoms with E-state index in [1.54, 1.807) is 11.1 Å². The third-order valence-electron chi connectivity index (χ3n) is 8.67. The molecule has 0 aromatic rings. The Hall–Kier alpha value is -1.05. The molecule has 0 heterocycles. The minimum Gasteiger partial charge on any atom is -0.481 e. The number of hydrogen-bond acceptors (Lipinski definition) is 1. The summed E-state index contributed by atoms with van der Waals surface area (Å²) in [7, 11) is 0. The Morgan fingerprint density at radius 2 is 1.80 bits per heavy atom. The van der Waals surface area contributed by atoms with Crippen molar-refractivity contribution in [1.29, 1.82) is 0 Å². The molecule has 1 N–H and O–H groups in total. The molecule has 0 bridgehead atoms. The fourth-order valence-electron chi connectivity index (χ4n) is 7.52. The topological polar surface area (TPSA) is 37.3 Å². The minimum atomic E-state index is -0.507. The molecule has 0 spiro atoms. The van der Waals surface area contributed by atoms with Crippen LogP contribution in [0.25, 0.3) is 0 Å². The van der Waals surface area contributed by atoms with E-state index < -0.39 is 11.4 Å². The van der Waals surface area contributed by atoms with E-state index in [2.05, 4.69) is 6.08 Å². The van der Waals surface area contributed by atoms with Gasteiger partial charge >= 0.3 is 5.97 Å². The van der Waals surface area contributed by atoms with Gasteiger partial charge < -0.3 is 5.11 Å². The van der Waals surface area contributed by atoms with Crippen LogP contribution in [0.4, 0.5) is 0 Å².